The normalized spacial score (nSPS) is 10.5. The van der Waals surface area contributed by atoms with Gasteiger partial charge in [-0.05, 0) is 36.8 Å². The van der Waals surface area contributed by atoms with Crippen LogP contribution in [0.15, 0.2) is 48.8 Å². The number of amides is 1. The fraction of sp³-hybridized carbons (Fsp3) is 0.158. The Morgan fingerprint density at radius 3 is 2.71 bits per heavy atom. The zero-order valence-electron chi connectivity index (χ0n) is 15.2. The third kappa shape index (κ3) is 3.83. The number of hydrogen-bond donors (Lipinski definition) is 1. The van der Waals surface area contributed by atoms with Gasteiger partial charge in [0.2, 0.25) is 0 Å². The first-order valence-electron chi connectivity index (χ1n) is 8.30. The number of carbonyl (C=O) groups excluding carboxylic acids is 1. The van der Waals surface area contributed by atoms with Gasteiger partial charge in [0.15, 0.2) is 5.75 Å². The molecule has 144 valence electrons. The maximum Gasteiger partial charge on any atom is 0.311 e. The summed E-state index contributed by atoms with van der Waals surface area (Å²) in [6, 6.07) is 8.53. The topological polar surface area (TPSA) is 99.3 Å². The Hall–Kier alpha value is -3.75. The largest absolute Gasteiger partial charge is 0.490 e. The summed E-state index contributed by atoms with van der Waals surface area (Å²) < 4.78 is 20.9. The van der Waals surface area contributed by atoms with E-state index in [-0.39, 0.29) is 23.5 Å². The van der Waals surface area contributed by atoms with Gasteiger partial charge in [-0.2, -0.15) is 0 Å². The van der Waals surface area contributed by atoms with E-state index >= 15 is 0 Å². The molecule has 1 aromatic heterocycles. The number of ether oxygens (including phenoxy) is 1. The summed E-state index contributed by atoms with van der Waals surface area (Å²) in [6.45, 7) is 1.83. The van der Waals surface area contributed by atoms with E-state index in [1.54, 1.807) is 36.0 Å². The van der Waals surface area contributed by atoms with Crippen LogP contribution in [0.1, 0.15) is 21.7 Å². The maximum absolute atomic E-state index is 14.4. The lowest BCUT2D eigenvalue weighted by molar-refractivity contribution is -0.385. The van der Waals surface area contributed by atoms with E-state index in [9.17, 15) is 19.3 Å². The third-order valence-electron chi connectivity index (χ3n) is 4.19. The molecule has 0 spiro atoms. The fourth-order valence-corrected chi connectivity index (χ4v) is 2.75. The number of aromatic nitrogens is 2. The molecule has 0 aliphatic carbocycles. The first-order chi connectivity index (χ1) is 13.4. The lowest BCUT2D eigenvalue weighted by Gasteiger charge is -2.10. The van der Waals surface area contributed by atoms with Crippen molar-refractivity contribution in [1.29, 1.82) is 0 Å². The van der Waals surface area contributed by atoms with Crippen molar-refractivity contribution in [3.8, 4) is 11.4 Å². The monoisotopic (exact) mass is 384 g/mol. The average molecular weight is 384 g/mol. The van der Waals surface area contributed by atoms with Crippen LogP contribution in [0, 0.1) is 22.9 Å². The Kier molecular flexibility index (Phi) is 5.35. The lowest BCUT2D eigenvalue weighted by atomic mass is 10.1. The van der Waals surface area contributed by atoms with Crippen LogP contribution in [0.5, 0.6) is 5.75 Å². The molecule has 0 saturated carbocycles. The van der Waals surface area contributed by atoms with Crippen LogP contribution < -0.4 is 10.1 Å². The van der Waals surface area contributed by atoms with E-state index in [0.717, 1.165) is 6.07 Å². The summed E-state index contributed by atoms with van der Waals surface area (Å²) in [5.74, 6) is -0.247. The highest BCUT2D eigenvalue weighted by Crippen LogP contribution is 2.27. The number of nitro groups is 1. The minimum absolute atomic E-state index is 0.0639. The van der Waals surface area contributed by atoms with E-state index in [2.05, 4.69) is 10.3 Å². The number of aryl methyl sites for hydroxylation is 1. The molecule has 0 unspecified atom stereocenters. The van der Waals surface area contributed by atoms with Crippen LogP contribution >= 0.6 is 0 Å². The minimum atomic E-state index is -0.623. The van der Waals surface area contributed by atoms with Gasteiger partial charge in [0.1, 0.15) is 11.6 Å². The summed E-state index contributed by atoms with van der Waals surface area (Å²) in [6.07, 6.45) is 3.24. The van der Waals surface area contributed by atoms with Gasteiger partial charge >= 0.3 is 5.69 Å². The van der Waals surface area contributed by atoms with Crippen molar-refractivity contribution >= 4 is 11.6 Å². The Morgan fingerprint density at radius 2 is 2.11 bits per heavy atom. The van der Waals surface area contributed by atoms with Gasteiger partial charge in [-0.15, -0.1) is 0 Å². The summed E-state index contributed by atoms with van der Waals surface area (Å²) in [7, 11) is 1.31. The first kappa shape index (κ1) is 19.0. The second-order valence-electron chi connectivity index (χ2n) is 5.96. The number of benzene rings is 2. The molecular formula is C19H17FN4O4. The van der Waals surface area contributed by atoms with Gasteiger partial charge in [-0.1, -0.05) is 6.07 Å². The molecule has 1 N–H and O–H groups in total. The molecule has 0 atom stereocenters. The molecule has 0 aliphatic heterocycles. The van der Waals surface area contributed by atoms with Crippen molar-refractivity contribution in [1.82, 2.24) is 14.9 Å². The van der Waals surface area contributed by atoms with E-state index in [1.807, 2.05) is 0 Å². The maximum atomic E-state index is 14.4. The zero-order valence-corrected chi connectivity index (χ0v) is 15.2. The van der Waals surface area contributed by atoms with Crippen molar-refractivity contribution in [3.63, 3.8) is 0 Å². The van der Waals surface area contributed by atoms with Crippen molar-refractivity contribution in [2.24, 2.45) is 0 Å². The molecule has 28 heavy (non-hydrogen) atoms. The highest BCUT2D eigenvalue weighted by molar-refractivity contribution is 5.95. The second-order valence-corrected chi connectivity index (χ2v) is 5.96. The number of hydrogen-bond acceptors (Lipinski definition) is 5. The molecule has 2 aromatic carbocycles. The first-order valence-corrected chi connectivity index (χ1v) is 8.30. The number of nitro benzene ring substituents is 1. The van der Waals surface area contributed by atoms with Crippen LogP contribution in [-0.4, -0.2) is 27.5 Å². The van der Waals surface area contributed by atoms with Gasteiger partial charge in [0, 0.05) is 30.6 Å². The number of nitrogens with one attached hydrogen (secondary N) is 1. The Morgan fingerprint density at radius 1 is 1.32 bits per heavy atom. The Labute approximate surface area is 159 Å². The van der Waals surface area contributed by atoms with Crippen LogP contribution in [-0.2, 0) is 6.54 Å². The van der Waals surface area contributed by atoms with Crippen molar-refractivity contribution in [2.45, 2.75) is 13.5 Å². The number of rotatable bonds is 6. The van der Waals surface area contributed by atoms with Crippen LogP contribution in [0.4, 0.5) is 10.1 Å². The van der Waals surface area contributed by atoms with E-state index in [4.69, 9.17) is 4.74 Å². The molecule has 3 aromatic rings. The minimum Gasteiger partial charge on any atom is -0.490 e. The molecule has 0 bridgehead atoms. The Bertz CT molecular complexity index is 1050. The Balaban J connectivity index is 1.73. The van der Waals surface area contributed by atoms with E-state index in [1.165, 1.54) is 25.3 Å². The smallest absolute Gasteiger partial charge is 0.311 e. The SMILES string of the molecule is COc1ccc(C(=O)NCc2ccc(-n3ccnc3C)c(F)c2)cc1[N+](=O)[O-]. The summed E-state index contributed by atoms with van der Waals surface area (Å²) in [5, 5.41) is 13.7. The molecule has 0 radical (unpaired) electrons. The average Bonchev–Trinajstić information content (AvgIpc) is 3.11. The summed E-state index contributed by atoms with van der Waals surface area (Å²) in [5.41, 5.74) is 0.714. The van der Waals surface area contributed by atoms with Crippen LogP contribution in [0.2, 0.25) is 0 Å². The number of halogens is 1. The third-order valence-corrected chi connectivity index (χ3v) is 4.19. The van der Waals surface area contributed by atoms with E-state index < -0.39 is 16.6 Å². The summed E-state index contributed by atoms with van der Waals surface area (Å²) in [4.78, 5) is 26.8. The van der Waals surface area contributed by atoms with Gasteiger partial charge < -0.3 is 14.6 Å². The second kappa shape index (κ2) is 7.87. The molecule has 0 saturated heterocycles. The van der Waals surface area contributed by atoms with Gasteiger partial charge in [0.05, 0.1) is 17.7 Å². The number of methoxy groups -OCH3 is 1. The lowest BCUT2D eigenvalue weighted by Crippen LogP contribution is -2.23. The molecular weight excluding hydrogens is 367 g/mol. The standard InChI is InChI=1S/C19H17FN4O4/c1-12-21-7-8-23(12)16-5-3-13(9-15(16)20)11-22-19(25)14-4-6-18(28-2)17(10-14)24(26)27/h3-10H,11H2,1-2H3,(H,22,25). The predicted octanol–water partition coefficient (Wildman–Crippen LogP) is 3.17. The quantitative estimate of drug-likeness (QED) is 0.520. The van der Waals surface area contributed by atoms with Gasteiger partial charge in [-0.3, -0.25) is 14.9 Å². The van der Waals surface area contributed by atoms with Crippen LogP contribution in [0.3, 0.4) is 0 Å². The summed E-state index contributed by atoms with van der Waals surface area (Å²) >= 11 is 0. The molecule has 9 heteroatoms. The van der Waals surface area contributed by atoms with Crippen molar-refractivity contribution in [2.75, 3.05) is 7.11 Å². The highest BCUT2D eigenvalue weighted by atomic mass is 19.1. The van der Waals surface area contributed by atoms with E-state index in [0.29, 0.717) is 17.1 Å². The molecule has 1 heterocycles. The molecule has 0 fully saturated rings. The molecule has 3 rings (SSSR count). The van der Waals surface area contributed by atoms with Gasteiger partial charge in [0.25, 0.3) is 5.91 Å². The van der Waals surface area contributed by atoms with Crippen LogP contribution in [0.25, 0.3) is 5.69 Å². The fourth-order valence-electron chi connectivity index (χ4n) is 2.75. The molecule has 1 amide bonds. The van der Waals surface area contributed by atoms with Crippen molar-refractivity contribution in [3.05, 3.63) is 81.7 Å². The number of imidazole rings is 1. The molecule has 0 aliphatic rings. The van der Waals surface area contributed by atoms with Crippen molar-refractivity contribution < 1.29 is 18.8 Å². The zero-order chi connectivity index (χ0) is 20.3. The van der Waals surface area contributed by atoms with Gasteiger partial charge in [-0.25, -0.2) is 9.37 Å². The predicted molar refractivity (Wildman–Crippen MR) is 99.1 cm³/mol. The number of nitrogens with zero attached hydrogens (tertiary/aromatic N) is 3. The highest BCUT2D eigenvalue weighted by Gasteiger charge is 2.18. The molecule has 8 nitrogen and oxygen atoms in total. The number of carbonyl (C=O) groups is 1.